The largest absolute Gasteiger partial charge is 0.383 e. The van der Waals surface area contributed by atoms with Gasteiger partial charge in [0, 0.05) is 12.1 Å². The quantitative estimate of drug-likeness (QED) is 0.440. The number of rotatable bonds is 4. The van der Waals surface area contributed by atoms with Crippen LogP contribution < -0.4 is 5.73 Å². The number of anilines is 1. The van der Waals surface area contributed by atoms with Gasteiger partial charge in [0.2, 0.25) is 0 Å². The standard InChI is InChI=1S/C25H27N5S/c1-25(2)17-9-8-16(19(25)10-17)12-30-14-29-21(15-6-4-3-5-7-15)22(30)20-11-18-23(26)27-13-28-24(18)31-20/h3-7,11,13-14,16-17,19H,8-10,12H2,1-2H3,(H2,26,27,28)/t16?,17-,19+/m0/s1. The van der Waals surface area contributed by atoms with Crippen LogP contribution in [0.4, 0.5) is 5.82 Å². The van der Waals surface area contributed by atoms with Crippen LogP contribution in [-0.4, -0.2) is 19.5 Å². The molecule has 0 aliphatic heterocycles. The summed E-state index contributed by atoms with van der Waals surface area (Å²) in [6.45, 7) is 5.96. The zero-order chi connectivity index (χ0) is 21.2. The molecule has 0 spiro atoms. The van der Waals surface area contributed by atoms with Crippen LogP contribution in [0.25, 0.3) is 32.0 Å². The van der Waals surface area contributed by atoms with Crippen LogP contribution in [0.1, 0.15) is 33.1 Å². The molecular weight excluding hydrogens is 402 g/mol. The number of thiophene rings is 1. The van der Waals surface area contributed by atoms with Crippen LogP contribution in [0.2, 0.25) is 0 Å². The van der Waals surface area contributed by atoms with Gasteiger partial charge < -0.3 is 10.3 Å². The van der Waals surface area contributed by atoms with Crippen LogP contribution in [0.5, 0.6) is 0 Å². The average Bonchev–Trinajstić information content (AvgIpc) is 3.39. The Balaban J connectivity index is 1.46. The summed E-state index contributed by atoms with van der Waals surface area (Å²) in [4.78, 5) is 15.6. The Morgan fingerprint density at radius 1 is 1.13 bits per heavy atom. The molecule has 1 unspecified atom stereocenters. The third-order valence-corrected chi connectivity index (χ3v) is 8.96. The highest BCUT2D eigenvalue weighted by atomic mass is 32.1. The summed E-state index contributed by atoms with van der Waals surface area (Å²) >= 11 is 1.67. The fourth-order valence-corrected chi connectivity index (χ4v) is 7.08. The average molecular weight is 430 g/mol. The molecule has 3 aliphatic carbocycles. The fraction of sp³-hybridized carbons (Fsp3) is 0.400. The Morgan fingerprint density at radius 3 is 2.71 bits per heavy atom. The fourth-order valence-electron chi connectivity index (χ4n) is 6.01. The topological polar surface area (TPSA) is 69.6 Å². The summed E-state index contributed by atoms with van der Waals surface area (Å²) in [7, 11) is 0. The van der Waals surface area contributed by atoms with Crippen LogP contribution >= 0.6 is 11.3 Å². The second kappa shape index (κ2) is 6.89. The molecule has 3 aromatic heterocycles. The lowest BCUT2D eigenvalue weighted by Gasteiger charge is -2.60. The first kappa shape index (κ1) is 19.0. The van der Waals surface area contributed by atoms with Crippen molar-refractivity contribution in [3.05, 3.63) is 49.1 Å². The Hall–Kier alpha value is -2.73. The summed E-state index contributed by atoms with van der Waals surface area (Å²) in [6.07, 6.45) is 7.65. The summed E-state index contributed by atoms with van der Waals surface area (Å²) in [5.74, 6) is 2.97. The number of nitrogens with zero attached hydrogens (tertiary/aromatic N) is 4. The van der Waals surface area contributed by atoms with Crippen LogP contribution in [0, 0.1) is 23.2 Å². The molecule has 31 heavy (non-hydrogen) atoms. The first-order chi connectivity index (χ1) is 15.0. The normalized spacial score (nSPS) is 24.3. The first-order valence-corrected chi connectivity index (χ1v) is 11.9. The van der Waals surface area contributed by atoms with E-state index < -0.39 is 0 Å². The molecule has 0 radical (unpaired) electrons. The van der Waals surface area contributed by atoms with Gasteiger partial charge in [0.15, 0.2) is 0 Å². The van der Waals surface area contributed by atoms with Gasteiger partial charge in [-0.3, -0.25) is 0 Å². The van der Waals surface area contributed by atoms with Gasteiger partial charge in [0.1, 0.15) is 17.0 Å². The van der Waals surface area contributed by atoms with Gasteiger partial charge >= 0.3 is 0 Å². The van der Waals surface area contributed by atoms with Crippen molar-refractivity contribution in [3.8, 4) is 21.8 Å². The highest BCUT2D eigenvalue weighted by Gasteiger charge is 2.54. The van der Waals surface area contributed by atoms with E-state index in [1.54, 1.807) is 17.7 Å². The van der Waals surface area contributed by atoms with Gasteiger partial charge in [-0.05, 0) is 48.5 Å². The smallest absolute Gasteiger partial charge is 0.135 e. The summed E-state index contributed by atoms with van der Waals surface area (Å²) < 4.78 is 2.38. The number of nitrogen functional groups attached to an aromatic ring is 1. The Morgan fingerprint density at radius 2 is 1.97 bits per heavy atom. The molecule has 2 N–H and O–H groups in total. The summed E-state index contributed by atoms with van der Waals surface area (Å²) in [5.41, 5.74) is 9.97. The zero-order valence-corrected chi connectivity index (χ0v) is 18.8. The number of benzene rings is 1. The second-order valence-corrected chi connectivity index (χ2v) is 10.8. The monoisotopic (exact) mass is 429 g/mol. The molecule has 0 saturated heterocycles. The van der Waals surface area contributed by atoms with Crippen LogP contribution in [-0.2, 0) is 6.54 Å². The molecule has 1 aromatic carbocycles. The molecule has 3 heterocycles. The van der Waals surface area contributed by atoms with Crippen molar-refractivity contribution < 1.29 is 0 Å². The number of hydrogen-bond donors (Lipinski definition) is 1. The predicted molar refractivity (Wildman–Crippen MR) is 127 cm³/mol. The molecule has 3 aliphatic rings. The zero-order valence-electron chi connectivity index (χ0n) is 18.0. The maximum Gasteiger partial charge on any atom is 0.135 e. The third kappa shape index (κ3) is 2.92. The summed E-state index contributed by atoms with van der Waals surface area (Å²) in [6, 6.07) is 12.6. The van der Waals surface area contributed by atoms with Crippen molar-refractivity contribution in [2.75, 3.05) is 5.73 Å². The highest BCUT2D eigenvalue weighted by Crippen LogP contribution is 2.61. The lowest BCUT2D eigenvalue weighted by molar-refractivity contribution is -0.108. The van der Waals surface area contributed by atoms with Crippen molar-refractivity contribution in [1.29, 1.82) is 0 Å². The number of imidazole rings is 1. The third-order valence-electron chi connectivity index (χ3n) is 7.91. The maximum absolute atomic E-state index is 6.15. The van der Waals surface area contributed by atoms with Crippen LogP contribution in [0.15, 0.2) is 49.1 Å². The van der Waals surface area contributed by atoms with Crippen molar-refractivity contribution >= 4 is 27.4 Å². The minimum Gasteiger partial charge on any atom is -0.383 e. The summed E-state index contributed by atoms with van der Waals surface area (Å²) in [5, 5.41) is 0.926. The SMILES string of the molecule is CC1(C)[C@H]2CCC(Cn3cnc(-c4ccccc4)c3-c3cc4c(N)ncnc4s3)[C@H]1C2. The van der Waals surface area contributed by atoms with E-state index in [-0.39, 0.29) is 0 Å². The molecule has 0 amide bonds. The van der Waals surface area contributed by atoms with Crippen molar-refractivity contribution in [2.24, 2.45) is 23.2 Å². The van der Waals surface area contributed by atoms with Gasteiger partial charge in [-0.2, -0.15) is 0 Å². The van der Waals surface area contributed by atoms with Crippen LogP contribution in [0.3, 0.4) is 0 Å². The van der Waals surface area contributed by atoms with Gasteiger partial charge in [-0.1, -0.05) is 44.2 Å². The van der Waals surface area contributed by atoms with Gasteiger partial charge in [0.05, 0.1) is 28.0 Å². The van der Waals surface area contributed by atoms with E-state index >= 15 is 0 Å². The first-order valence-electron chi connectivity index (χ1n) is 11.1. The number of aromatic nitrogens is 4. The van der Waals surface area contributed by atoms with E-state index in [9.17, 15) is 0 Å². The highest BCUT2D eigenvalue weighted by molar-refractivity contribution is 7.21. The molecule has 3 atom stereocenters. The Bertz CT molecular complexity index is 1250. The lowest BCUT2D eigenvalue weighted by atomic mass is 9.45. The second-order valence-electron chi connectivity index (χ2n) is 9.75. The molecule has 7 rings (SSSR count). The molecule has 3 fully saturated rings. The molecule has 6 heteroatoms. The van der Waals surface area contributed by atoms with E-state index in [2.05, 4.69) is 58.7 Å². The molecular formula is C25H27N5S. The van der Waals surface area contributed by atoms with E-state index in [1.807, 2.05) is 12.4 Å². The van der Waals surface area contributed by atoms with Crippen molar-refractivity contribution in [3.63, 3.8) is 0 Å². The van der Waals surface area contributed by atoms with E-state index in [0.717, 1.165) is 44.7 Å². The minimum absolute atomic E-state index is 0.480. The number of hydrogen-bond acceptors (Lipinski definition) is 5. The molecule has 2 bridgehead atoms. The van der Waals surface area contributed by atoms with Crippen molar-refractivity contribution in [1.82, 2.24) is 19.5 Å². The Labute approximate surface area is 186 Å². The lowest BCUT2D eigenvalue weighted by Crippen LogP contribution is -2.53. The predicted octanol–water partition coefficient (Wildman–Crippen LogP) is 5.88. The van der Waals surface area contributed by atoms with Gasteiger partial charge in [-0.25, -0.2) is 15.0 Å². The minimum atomic E-state index is 0.480. The van der Waals surface area contributed by atoms with E-state index in [0.29, 0.717) is 17.2 Å². The van der Waals surface area contributed by atoms with Gasteiger partial charge in [0.25, 0.3) is 0 Å². The maximum atomic E-state index is 6.15. The van der Waals surface area contributed by atoms with Crippen molar-refractivity contribution in [2.45, 2.75) is 39.7 Å². The molecule has 4 aromatic rings. The molecule has 158 valence electrons. The number of nitrogens with two attached hydrogens (primary N) is 1. The van der Waals surface area contributed by atoms with E-state index in [1.165, 1.54) is 25.0 Å². The van der Waals surface area contributed by atoms with E-state index in [4.69, 9.17) is 10.7 Å². The Kier molecular flexibility index (Phi) is 4.22. The number of fused-ring (bicyclic) bond motifs is 3. The van der Waals surface area contributed by atoms with Gasteiger partial charge in [-0.15, -0.1) is 11.3 Å². The molecule has 3 saturated carbocycles. The molecule has 5 nitrogen and oxygen atoms in total.